The number of anilines is 1. The number of hydrogen-bond acceptors (Lipinski definition) is 7. The number of carbonyl (C=O) groups is 3. The third-order valence-corrected chi connectivity index (χ3v) is 4.90. The van der Waals surface area contributed by atoms with E-state index < -0.39 is 11.9 Å². The summed E-state index contributed by atoms with van der Waals surface area (Å²) in [7, 11) is 3.25. The van der Waals surface area contributed by atoms with Crippen molar-refractivity contribution in [2.24, 2.45) is 0 Å². The Balaban J connectivity index is 2.44. The van der Waals surface area contributed by atoms with Crippen LogP contribution in [0.2, 0.25) is 0 Å². The average Bonchev–Trinajstić information content (AvgIpc) is 3.15. The molecule has 2 rings (SSSR count). The number of nitrogens with zero attached hydrogens (tertiary/aromatic N) is 2. The van der Waals surface area contributed by atoms with Crippen LogP contribution in [0.5, 0.6) is 0 Å². The van der Waals surface area contributed by atoms with Gasteiger partial charge in [-0.3, -0.25) is 9.59 Å². The highest BCUT2D eigenvalue weighted by Gasteiger charge is 2.27. The zero-order valence-corrected chi connectivity index (χ0v) is 15.3. The van der Waals surface area contributed by atoms with Crippen molar-refractivity contribution in [3.8, 4) is 0 Å². The summed E-state index contributed by atoms with van der Waals surface area (Å²) in [4.78, 5) is 42.5. The van der Waals surface area contributed by atoms with Crippen molar-refractivity contribution in [1.82, 2.24) is 9.88 Å². The van der Waals surface area contributed by atoms with E-state index in [1.807, 2.05) is 0 Å². The second kappa shape index (κ2) is 7.54. The maximum Gasteiger partial charge on any atom is 0.341 e. The average molecular weight is 367 g/mol. The molecule has 0 spiro atoms. The number of ether oxygens (including phenoxy) is 1. The lowest BCUT2D eigenvalue weighted by atomic mass is 10.1. The Bertz CT molecular complexity index is 766. The number of nitrogens with one attached hydrogen (secondary N) is 1. The summed E-state index contributed by atoms with van der Waals surface area (Å²) < 4.78 is 5.05. The lowest BCUT2D eigenvalue weighted by Gasteiger charge is -2.09. The second-order valence-electron chi connectivity index (χ2n) is 5.01. The van der Waals surface area contributed by atoms with Gasteiger partial charge in [0.05, 0.1) is 22.6 Å². The van der Waals surface area contributed by atoms with Crippen LogP contribution in [0.15, 0.2) is 10.9 Å². The van der Waals surface area contributed by atoms with Crippen molar-refractivity contribution in [3.63, 3.8) is 0 Å². The van der Waals surface area contributed by atoms with Crippen LogP contribution in [-0.4, -0.2) is 48.4 Å². The topological polar surface area (TPSA) is 88.6 Å². The van der Waals surface area contributed by atoms with E-state index in [4.69, 9.17) is 4.74 Å². The van der Waals surface area contributed by atoms with Crippen molar-refractivity contribution in [1.29, 1.82) is 0 Å². The fraction of sp³-hybridized carbons (Fsp3) is 0.333. The van der Waals surface area contributed by atoms with E-state index in [1.165, 1.54) is 16.2 Å². The highest BCUT2D eigenvalue weighted by molar-refractivity contribution is 7.18. The number of rotatable bonds is 5. The summed E-state index contributed by atoms with van der Waals surface area (Å²) in [5.41, 5.74) is 2.49. The molecule has 2 amide bonds. The van der Waals surface area contributed by atoms with Crippen LogP contribution >= 0.6 is 22.7 Å². The van der Waals surface area contributed by atoms with Gasteiger partial charge in [0.25, 0.3) is 11.8 Å². The predicted molar refractivity (Wildman–Crippen MR) is 93.1 cm³/mol. The molecule has 0 unspecified atom stereocenters. The van der Waals surface area contributed by atoms with Crippen molar-refractivity contribution >= 4 is 45.5 Å². The molecule has 0 saturated carbocycles. The van der Waals surface area contributed by atoms with E-state index in [1.54, 1.807) is 38.8 Å². The first-order chi connectivity index (χ1) is 11.4. The molecule has 2 heterocycles. The summed E-state index contributed by atoms with van der Waals surface area (Å²) >= 11 is 2.35. The zero-order valence-electron chi connectivity index (χ0n) is 13.7. The van der Waals surface area contributed by atoms with Gasteiger partial charge in [-0.15, -0.1) is 22.7 Å². The molecular formula is C15H17N3O4S2. The van der Waals surface area contributed by atoms with Gasteiger partial charge in [0, 0.05) is 19.5 Å². The van der Waals surface area contributed by atoms with Crippen LogP contribution in [0.1, 0.15) is 43.0 Å². The highest BCUT2D eigenvalue weighted by atomic mass is 32.1. The highest BCUT2D eigenvalue weighted by Crippen LogP contribution is 2.34. The van der Waals surface area contributed by atoms with E-state index in [-0.39, 0.29) is 28.8 Å². The standard InChI is InChI=1S/C15H17N3O4S2/c1-5-22-15(21)10-8(2)11(14(20)18(3)4)24-13(10)17-12(19)9-6-23-7-16-9/h6-7H,5H2,1-4H3,(H,17,19). The van der Waals surface area contributed by atoms with Gasteiger partial charge < -0.3 is 15.0 Å². The molecule has 9 heteroatoms. The van der Waals surface area contributed by atoms with Gasteiger partial charge in [0.2, 0.25) is 0 Å². The van der Waals surface area contributed by atoms with Crippen LogP contribution in [0.3, 0.4) is 0 Å². The Hall–Kier alpha value is -2.26. The van der Waals surface area contributed by atoms with E-state index >= 15 is 0 Å². The van der Waals surface area contributed by atoms with Gasteiger partial charge >= 0.3 is 5.97 Å². The van der Waals surface area contributed by atoms with Crippen LogP contribution in [0.25, 0.3) is 0 Å². The minimum Gasteiger partial charge on any atom is -0.462 e. The fourth-order valence-corrected chi connectivity index (χ4v) is 3.69. The molecular weight excluding hydrogens is 350 g/mol. The van der Waals surface area contributed by atoms with Crippen LogP contribution < -0.4 is 5.32 Å². The Labute approximate surface area is 147 Å². The smallest absolute Gasteiger partial charge is 0.341 e. The lowest BCUT2D eigenvalue weighted by Crippen LogP contribution is -2.21. The third-order valence-electron chi connectivity index (χ3n) is 3.12. The molecule has 0 fully saturated rings. The van der Waals surface area contributed by atoms with E-state index in [2.05, 4.69) is 10.3 Å². The third kappa shape index (κ3) is 3.62. The van der Waals surface area contributed by atoms with Crippen molar-refractivity contribution in [2.75, 3.05) is 26.0 Å². The number of aromatic nitrogens is 1. The first-order valence-corrected chi connectivity index (χ1v) is 8.84. The summed E-state index contributed by atoms with van der Waals surface area (Å²) in [6.45, 7) is 3.56. The molecule has 1 N–H and O–H groups in total. The summed E-state index contributed by atoms with van der Waals surface area (Å²) in [5, 5.41) is 4.55. The van der Waals surface area contributed by atoms with Gasteiger partial charge in [-0.1, -0.05) is 0 Å². The Morgan fingerprint density at radius 3 is 2.58 bits per heavy atom. The monoisotopic (exact) mass is 367 g/mol. The van der Waals surface area contributed by atoms with Crippen LogP contribution in [0, 0.1) is 6.92 Å². The van der Waals surface area contributed by atoms with Gasteiger partial charge in [0.1, 0.15) is 10.7 Å². The summed E-state index contributed by atoms with van der Waals surface area (Å²) in [6, 6.07) is 0. The van der Waals surface area contributed by atoms with Gasteiger partial charge in [-0.25, -0.2) is 9.78 Å². The van der Waals surface area contributed by atoms with Crippen molar-refractivity contribution in [3.05, 3.63) is 32.6 Å². The molecule has 2 aromatic heterocycles. The quantitative estimate of drug-likeness (QED) is 0.821. The van der Waals surface area contributed by atoms with E-state index in [9.17, 15) is 14.4 Å². The fourth-order valence-electron chi connectivity index (χ4n) is 1.95. The number of amides is 2. The minimum absolute atomic E-state index is 0.199. The second-order valence-corrected chi connectivity index (χ2v) is 6.75. The molecule has 0 atom stereocenters. The molecule has 0 saturated heterocycles. The number of carbonyl (C=O) groups excluding carboxylic acids is 3. The molecule has 7 nitrogen and oxygen atoms in total. The SMILES string of the molecule is CCOC(=O)c1c(NC(=O)c2cscn2)sc(C(=O)N(C)C)c1C. The normalized spacial score (nSPS) is 10.3. The van der Waals surface area contributed by atoms with Crippen molar-refractivity contribution in [2.45, 2.75) is 13.8 Å². The summed E-state index contributed by atoms with van der Waals surface area (Å²) in [6.07, 6.45) is 0. The molecule has 0 aromatic carbocycles. The number of esters is 1. The molecule has 0 aliphatic carbocycles. The van der Waals surface area contributed by atoms with E-state index in [0.29, 0.717) is 10.4 Å². The Morgan fingerprint density at radius 1 is 1.33 bits per heavy atom. The molecule has 0 aliphatic rings. The van der Waals surface area contributed by atoms with Gasteiger partial charge in [-0.2, -0.15) is 0 Å². The van der Waals surface area contributed by atoms with E-state index in [0.717, 1.165) is 11.3 Å². The largest absolute Gasteiger partial charge is 0.462 e. The molecule has 128 valence electrons. The molecule has 24 heavy (non-hydrogen) atoms. The van der Waals surface area contributed by atoms with Crippen LogP contribution in [-0.2, 0) is 4.74 Å². The van der Waals surface area contributed by atoms with Crippen molar-refractivity contribution < 1.29 is 19.1 Å². The molecule has 2 aromatic rings. The van der Waals surface area contributed by atoms with Gasteiger partial charge in [0.15, 0.2) is 0 Å². The molecule has 0 aliphatic heterocycles. The first-order valence-electron chi connectivity index (χ1n) is 7.08. The molecule has 0 radical (unpaired) electrons. The first kappa shape index (κ1) is 18.1. The van der Waals surface area contributed by atoms with Crippen LogP contribution in [0.4, 0.5) is 5.00 Å². The summed E-state index contributed by atoms with van der Waals surface area (Å²) in [5.74, 6) is -1.25. The number of thiophene rings is 1. The number of thiazole rings is 1. The Morgan fingerprint density at radius 2 is 2.04 bits per heavy atom. The molecule has 0 bridgehead atoms. The predicted octanol–water partition coefficient (Wildman–Crippen LogP) is 2.64. The maximum absolute atomic E-state index is 12.3. The zero-order chi connectivity index (χ0) is 17.9. The number of hydrogen-bond donors (Lipinski definition) is 1. The Kier molecular flexibility index (Phi) is 5.68. The lowest BCUT2D eigenvalue weighted by molar-refractivity contribution is 0.0527. The minimum atomic E-state index is -0.572. The van der Waals surface area contributed by atoms with Gasteiger partial charge in [-0.05, 0) is 19.4 Å². The maximum atomic E-state index is 12.3.